The van der Waals surface area contributed by atoms with E-state index in [-0.39, 0.29) is 11.5 Å². The Morgan fingerprint density at radius 1 is 1.32 bits per heavy atom. The SMILES string of the molecule is CNC(C)c1ccc(N2CCS(=O)(=O)CC2)c(Br)c1. The zero-order valence-corrected chi connectivity index (χ0v) is 13.6. The summed E-state index contributed by atoms with van der Waals surface area (Å²) in [5.74, 6) is 0.488. The number of rotatable bonds is 3. The van der Waals surface area contributed by atoms with Crippen LogP contribution in [0.25, 0.3) is 0 Å². The van der Waals surface area contributed by atoms with Crippen LogP contribution in [0.3, 0.4) is 0 Å². The van der Waals surface area contributed by atoms with Crippen molar-refractivity contribution in [2.75, 3.05) is 36.5 Å². The number of nitrogens with one attached hydrogen (secondary N) is 1. The molecule has 1 aromatic carbocycles. The third-order valence-electron chi connectivity index (χ3n) is 3.59. The molecule has 0 aromatic heterocycles. The maximum atomic E-state index is 11.4. The van der Waals surface area contributed by atoms with Gasteiger partial charge in [0.05, 0.1) is 17.2 Å². The Morgan fingerprint density at radius 3 is 2.47 bits per heavy atom. The van der Waals surface area contributed by atoms with Crippen LogP contribution in [0.5, 0.6) is 0 Å². The lowest BCUT2D eigenvalue weighted by atomic mass is 10.1. The van der Waals surface area contributed by atoms with E-state index < -0.39 is 9.84 Å². The lowest BCUT2D eigenvalue weighted by Crippen LogP contribution is -2.40. The van der Waals surface area contributed by atoms with Crippen molar-refractivity contribution < 1.29 is 8.42 Å². The molecular formula is C13H19BrN2O2S. The van der Waals surface area contributed by atoms with Crippen LogP contribution in [0.1, 0.15) is 18.5 Å². The molecule has 0 amide bonds. The molecule has 0 radical (unpaired) electrons. The quantitative estimate of drug-likeness (QED) is 0.908. The Balaban J connectivity index is 2.18. The standard InChI is InChI=1S/C13H19BrN2O2S/c1-10(15-2)11-3-4-13(12(14)9-11)16-5-7-19(17,18)8-6-16/h3-4,9-10,15H,5-8H2,1-2H3. The number of hydrogen-bond acceptors (Lipinski definition) is 4. The van der Waals surface area contributed by atoms with Gasteiger partial charge in [0, 0.05) is 23.6 Å². The fourth-order valence-corrected chi connectivity index (χ4v) is 4.02. The molecular weight excluding hydrogens is 328 g/mol. The number of benzene rings is 1. The smallest absolute Gasteiger partial charge is 0.153 e. The Kier molecular flexibility index (Phi) is 4.53. The van der Waals surface area contributed by atoms with E-state index >= 15 is 0 Å². The van der Waals surface area contributed by atoms with Gasteiger partial charge in [-0.25, -0.2) is 8.42 Å². The number of nitrogens with zero attached hydrogens (tertiary/aromatic N) is 1. The monoisotopic (exact) mass is 346 g/mol. The molecule has 106 valence electrons. The van der Waals surface area contributed by atoms with Crippen molar-refractivity contribution >= 4 is 31.5 Å². The zero-order chi connectivity index (χ0) is 14.0. The highest BCUT2D eigenvalue weighted by molar-refractivity contribution is 9.10. The topological polar surface area (TPSA) is 49.4 Å². The minimum absolute atomic E-state index is 0.244. The van der Waals surface area contributed by atoms with Crippen molar-refractivity contribution in [3.05, 3.63) is 28.2 Å². The summed E-state index contributed by atoms with van der Waals surface area (Å²) in [6, 6.07) is 6.54. The molecule has 4 nitrogen and oxygen atoms in total. The van der Waals surface area contributed by atoms with Gasteiger partial charge in [0.25, 0.3) is 0 Å². The van der Waals surface area contributed by atoms with Crippen LogP contribution >= 0.6 is 15.9 Å². The van der Waals surface area contributed by atoms with Crippen LogP contribution in [0.2, 0.25) is 0 Å². The van der Waals surface area contributed by atoms with Gasteiger partial charge in [-0.3, -0.25) is 0 Å². The van der Waals surface area contributed by atoms with Gasteiger partial charge in [0.1, 0.15) is 0 Å². The average Bonchev–Trinajstić information content (AvgIpc) is 2.38. The van der Waals surface area contributed by atoms with Crippen molar-refractivity contribution in [3.63, 3.8) is 0 Å². The first-order chi connectivity index (χ1) is 8.93. The van der Waals surface area contributed by atoms with Crippen LogP contribution in [0.15, 0.2) is 22.7 Å². The van der Waals surface area contributed by atoms with Gasteiger partial charge in [-0.1, -0.05) is 6.07 Å². The lowest BCUT2D eigenvalue weighted by molar-refractivity contribution is 0.586. The predicted molar refractivity (Wildman–Crippen MR) is 82.5 cm³/mol. The Bertz CT molecular complexity index is 546. The molecule has 2 rings (SSSR count). The highest BCUT2D eigenvalue weighted by Crippen LogP contribution is 2.30. The van der Waals surface area contributed by atoms with E-state index in [1.807, 2.05) is 7.05 Å². The summed E-state index contributed by atoms with van der Waals surface area (Å²) in [4.78, 5) is 2.12. The highest BCUT2D eigenvalue weighted by Gasteiger charge is 2.23. The van der Waals surface area contributed by atoms with Crippen molar-refractivity contribution in [2.24, 2.45) is 0 Å². The van der Waals surface area contributed by atoms with E-state index in [2.05, 4.69) is 51.3 Å². The molecule has 1 aliphatic heterocycles. The molecule has 6 heteroatoms. The fraction of sp³-hybridized carbons (Fsp3) is 0.538. The van der Waals surface area contributed by atoms with Gasteiger partial charge < -0.3 is 10.2 Å². The van der Waals surface area contributed by atoms with Crippen LogP contribution in [0.4, 0.5) is 5.69 Å². The molecule has 1 unspecified atom stereocenters. The summed E-state index contributed by atoms with van der Waals surface area (Å²) in [6.07, 6.45) is 0. The molecule has 1 aromatic rings. The normalized spacial score (nSPS) is 20.3. The summed E-state index contributed by atoms with van der Waals surface area (Å²) < 4.78 is 23.9. The van der Waals surface area contributed by atoms with Crippen molar-refractivity contribution in [2.45, 2.75) is 13.0 Å². The number of hydrogen-bond donors (Lipinski definition) is 1. The Hall–Kier alpha value is -0.590. The molecule has 1 saturated heterocycles. The first-order valence-corrected chi connectivity index (χ1v) is 8.96. The Morgan fingerprint density at radius 2 is 1.95 bits per heavy atom. The molecule has 1 N–H and O–H groups in total. The summed E-state index contributed by atoms with van der Waals surface area (Å²) >= 11 is 3.59. The predicted octanol–water partition coefficient (Wildman–Crippen LogP) is 1.96. The fourth-order valence-electron chi connectivity index (χ4n) is 2.17. The molecule has 1 heterocycles. The summed E-state index contributed by atoms with van der Waals surface area (Å²) in [7, 11) is -0.897. The third kappa shape index (κ3) is 3.49. The third-order valence-corrected chi connectivity index (χ3v) is 5.83. The van der Waals surface area contributed by atoms with E-state index in [9.17, 15) is 8.42 Å². The van der Waals surface area contributed by atoms with Gasteiger partial charge in [-0.2, -0.15) is 0 Å². The van der Waals surface area contributed by atoms with Crippen molar-refractivity contribution in [1.29, 1.82) is 0 Å². The van der Waals surface area contributed by atoms with Crippen LogP contribution in [-0.2, 0) is 9.84 Å². The van der Waals surface area contributed by atoms with E-state index in [4.69, 9.17) is 0 Å². The average molecular weight is 347 g/mol. The largest absolute Gasteiger partial charge is 0.369 e. The van der Waals surface area contributed by atoms with Gasteiger partial charge >= 0.3 is 0 Å². The van der Waals surface area contributed by atoms with Gasteiger partial charge in [0.2, 0.25) is 0 Å². The first kappa shape index (κ1) is 14.8. The van der Waals surface area contributed by atoms with E-state index in [1.165, 1.54) is 5.56 Å². The molecule has 19 heavy (non-hydrogen) atoms. The second-order valence-corrected chi connectivity index (χ2v) is 8.02. The van der Waals surface area contributed by atoms with Crippen molar-refractivity contribution in [1.82, 2.24) is 5.32 Å². The Labute approximate surface area is 123 Å². The molecule has 0 spiro atoms. The second-order valence-electron chi connectivity index (χ2n) is 4.86. The lowest BCUT2D eigenvalue weighted by Gasteiger charge is -2.30. The minimum atomic E-state index is -2.83. The van der Waals surface area contributed by atoms with E-state index in [1.54, 1.807) is 0 Å². The number of anilines is 1. The molecule has 0 bridgehead atoms. The van der Waals surface area contributed by atoms with Gasteiger partial charge in [0.15, 0.2) is 9.84 Å². The molecule has 0 saturated carbocycles. The summed E-state index contributed by atoms with van der Waals surface area (Å²) in [6.45, 7) is 3.25. The maximum Gasteiger partial charge on any atom is 0.153 e. The van der Waals surface area contributed by atoms with E-state index in [0.29, 0.717) is 19.1 Å². The van der Waals surface area contributed by atoms with Crippen LogP contribution in [-0.4, -0.2) is 40.1 Å². The second kappa shape index (κ2) is 5.81. The molecule has 1 atom stereocenters. The first-order valence-electron chi connectivity index (χ1n) is 6.35. The zero-order valence-electron chi connectivity index (χ0n) is 11.2. The van der Waals surface area contributed by atoms with Gasteiger partial charge in [-0.05, 0) is 47.6 Å². The van der Waals surface area contributed by atoms with Crippen molar-refractivity contribution in [3.8, 4) is 0 Å². The van der Waals surface area contributed by atoms with Gasteiger partial charge in [-0.15, -0.1) is 0 Å². The number of halogens is 1. The van der Waals surface area contributed by atoms with Crippen LogP contribution < -0.4 is 10.2 Å². The molecule has 0 aliphatic carbocycles. The number of sulfone groups is 1. The summed E-state index contributed by atoms with van der Waals surface area (Å²) in [5, 5.41) is 3.20. The van der Waals surface area contributed by atoms with Crippen LogP contribution in [0, 0.1) is 0 Å². The molecule has 1 aliphatic rings. The maximum absolute atomic E-state index is 11.4. The minimum Gasteiger partial charge on any atom is -0.369 e. The highest BCUT2D eigenvalue weighted by atomic mass is 79.9. The molecule has 1 fully saturated rings. The summed E-state index contributed by atoms with van der Waals surface area (Å²) in [5.41, 5.74) is 2.28. The van der Waals surface area contributed by atoms with E-state index in [0.717, 1.165) is 10.2 Å².